The smallest absolute Gasteiger partial charge is 0.225 e. The Morgan fingerprint density at radius 3 is 1.40 bits per heavy atom. The summed E-state index contributed by atoms with van der Waals surface area (Å²) in [4.78, 5) is 14.2. The van der Waals surface area contributed by atoms with Gasteiger partial charge < -0.3 is 25.0 Å². The number of rotatable bonds is 35. The summed E-state index contributed by atoms with van der Waals surface area (Å²) in [5, 5.41) is 30.2. The van der Waals surface area contributed by atoms with Crippen molar-refractivity contribution >= 4 is 5.91 Å². The maximum atomic E-state index is 12.7. The van der Waals surface area contributed by atoms with Crippen molar-refractivity contribution in [2.45, 2.75) is 199 Å². The van der Waals surface area contributed by atoms with Gasteiger partial charge in [-0.05, 0) is 12.8 Å². The number of unbranched alkanes of at least 4 members (excludes halogenated alkanes) is 23. The van der Waals surface area contributed by atoms with Crippen LogP contribution in [-0.2, 0) is 9.53 Å². The molecule has 0 radical (unpaired) electrons. The maximum Gasteiger partial charge on any atom is 0.225 e. The largest absolute Gasteiger partial charge is 0.395 e. The summed E-state index contributed by atoms with van der Waals surface area (Å²) in [6.07, 6.45) is 31.6. The highest BCUT2D eigenvalue weighted by atomic mass is 16.5. The van der Waals surface area contributed by atoms with Crippen LogP contribution in [0.15, 0.2) is 0 Å². The molecule has 0 bridgehead atoms. The van der Waals surface area contributed by atoms with E-state index < -0.39 is 12.2 Å². The first-order chi connectivity index (χ1) is 21.0. The summed E-state index contributed by atoms with van der Waals surface area (Å²) in [5.41, 5.74) is 0. The van der Waals surface area contributed by atoms with E-state index in [1.54, 1.807) is 0 Å². The molecular formula is C37H75NO5. The van der Waals surface area contributed by atoms with E-state index in [2.05, 4.69) is 13.8 Å². The molecule has 0 spiro atoms. The minimum absolute atomic E-state index is 0.0460. The van der Waals surface area contributed by atoms with Gasteiger partial charge in [0.15, 0.2) is 0 Å². The number of amides is 1. The molecule has 0 aromatic heterocycles. The van der Waals surface area contributed by atoms with E-state index in [-0.39, 0.29) is 38.6 Å². The number of aliphatic hydroxyl groups excluding tert-OH is 3. The van der Waals surface area contributed by atoms with Crippen LogP contribution in [-0.4, -0.2) is 71.2 Å². The van der Waals surface area contributed by atoms with E-state index in [0.29, 0.717) is 13.0 Å². The van der Waals surface area contributed by atoms with E-state index >= 15 is 0 Å². The van der Waals surface area contributed by atoms with Gasteiger partial charge in [-0.2, -0.15) is 0 Å². The molecule has 2 unspecified atom stereocenters. The monoisotopic (exact) mass is 614 g/mol. The molecule has 0 saturated heterocycles. The Labute approximate surface area is 267 Å². The van der Waals surface area contributed by atoms with E-state index in [0.717, 1.165) is 25.7 Å². The lowest BCUT2D eigenvalue weighted by molar-refractivity contribution is -0.136. The van der Waals surface area contributed by atoms with Crippen molar-refractivity contribution in [2.75, 3.05) is 32.9 Å². The lowest BCUT2D eigenvalue weighted by Gasteiger charge is -2.25. The molecule has 1 amide bonds. The van der Waals surface area contributed by atoms with Gasteiger partial charge in [-0.3, -0.25) is 4.79 Å². The first kappa shape index (κ1) is 42.3. The summed E-state index contributed by atoms with van der Waals surface area (Å²) >= 11 is 0. The second kappa shape index (κ2) is 34.2. The topological polar surface area (TPSA) is 90.2 Å². The third-order valence-electron chi connectivity index (χ3n) is 8.66. The van der Waals surface area contributed by atoms with Crippen LogP contribution in [0.25, 0.3) is 0 Å². The van der Waals surface area contributed by atoms with Crippen LogP contribution in [0.3, 0.4) is 0 Å². The second-order valence-electron chi connectivity index (χ2n) is 13.1. The molecule has 0 aliphatic carbocycles. The van der Waals surface area contributed by atoms with Crippen molar-refractivity contribution in [3.8, 4) is 0 Å². The minimum Gasteiger partial charge on any atom is -0.395 e. The van der Waals surface area contributed by atoms with Gasteiger partial charge in [0.05, 0.1) is 31.8 Å². The van der Waals surface area contributed by atoms with Crippen molar-refractivity contribution < 1.29 is 24.9 Å². The molecule has 258 valence electrons. The molecule has 6 heteroatoms. The molecular weight excluding hydrogens is 538 g/mol. The predicted molar refractivity (Wildman–Crippen MR) is 183 cm³/mol. The molecule has 2 atom stereocenters. The van der Waals surface area contributed by atoms with E-state index in [1.807, 2.05) is 0 Å². The average Bonchev–Trinajstić information content (AvgIpc) is 2.99. The Morgan fingerprint density at radius 2 is 0.977 bits per heavy atom. The highest BCUT2D eigenvalue weighted by Crippen LogP contribution is 2.15. The van der Waals surface area contributed by atoms with Crippen LogP contribution in [0.4, 0.5) is 0 Å². The Balaban J connectivity index is 3.74. The summed E-state index contributed by atoms with van der Waals surface area (Å²) in [7, 11) is 0. The van der Waals surface area contributed by atoms with Crippen molar-refractivity contribution in [3.63, 3.8) is 0 Å². The molecule has 3 N–H and O–H groups in total. The molecule has 0 aliphatic heterocycles. The first-order valence-corrected chi connectivity index (χ1v) is 18.9. The highest BCUT2D eigenvalue weighted by Gasteiger charge is 2.20. The van der Waals surface area contributed by atoms with E-state index in [9.17, 15) is 20.1 Å². The van der Waals surface area contributed by atoms with Crippen LogP contribution in [0.2, 0.25) is 0 Å². The fourth-order valence-electron chi connectivity index (χ4n) is 5.84. The third kappa shape index (κ3) is 31.1. The van der Waals surface area contributed by atoms with Gasteiger partial charge in [0, 0.05) is 19.7 Å². The van der Waals surface area contributed by atoms with Gasteiger partial charge in [0.1, 0.15) is 0 Å². The van der Waals surface area contributed by atoms with Gasteiger partial charge in [0.25, 0.3) is 0 Å². The average molecular weight is 614 g/mol. The van der Waals surface area contributed by atoms with Crippen LogP contribution in [0.1, 0.15) is 187 Å². The normalized spacial score (nSPS) is 13.0. The zero-order chi connectivity index (χ0) is 31.6. The minimum atomic E-state index is -0.786. The standard InChI is InChI=1S/C37H75NO5/c1-3-5-7-9-11-13-15-16-17-19-21-23-25-27-31-43-34-36(41)33-38(29-30-39)37(42)32-35(40)28-26-24-22-20-18-14-12-10-8-6-4-2/h35-36,39-41H,3-34H2,1-2H3. The SMILES string of the molecule is CCCCCCCCCCCCCCCCOCC(O)CN(CCO)C(=O)CC(O)CCCCCCCCCCCCC. The fraction of sp³-hybridized carbons (Fsp3) is 0.973. The van der Waals surface area contributed by atoms with Crippen molar-refractivity contribution in [3.05, 3.63) is 0 Å². The molecule has 0 fully saturated rings. The first-order valence-electron chi connectivity index (χ1n) is 18.9. The van der Waals surface area contributed by atoms with Crippen LogP contribution in [0, 0.1) is 0 Å². The van der Waals surface area contributed by atoms with E-state index in [4.69, 9.17) is 4.74 Å². The fourth-order valence-corrected chi connectivity index (χ4v) is 5.84. The molecule has 0 heterocycles. The number of hydrogen-bond donors (Lipinski definition) is 3. The number of carbonyl (C=O) groups is 1. The van der Waals surface area contributed by atoms with Crippen LogP contribution in [0.5, 0.6) is 0 Å². The second-order valence-corrected chi connectivity index (χ2v) is 13.1. The molecule has 0 rings (SSSR count). The third-order valence-corrected chi connectivity index (χ3v) is 8.66. The number of nitrogens with zero attached hydrogens (tertiary/aromatic N) is 1. The molecule has 0 aromatic rings. The Hall–Kier alpha value is -0.690. The van der Waals surface area contributed by atoms with Crippen LogP contribution < -0.4 is 0 Å². The quantitative estimate of drug-likeness (QED) is 0.0620. The summed E-state index contributed by atoms with van der Waals surface area (Å²) < 4.78 is 5.66. The summed E-state index contributed by atoms with van der Waals surface area (Å²) in [5.74, 6) is -0.212. The number of carbonyl (C=O) groups excluding carboxylic acids is 1. The van der Waals surface area contributed by atoms with Gasteiger partial charge >= 0.3 is 0 Å². The van der Waals surface area contributed by atoms with Gasteiger partial charge in [-0.25, -0.2) is 0 Å². The molecule has 0 aliphatic rings. The predicted octanol–water partition coefficient (Wildman–Crippen LogP) is 9.12. The number of hydrogen-bond acceptors (Lipinski definition) is 5. The van der Waals surface area contributed by atoms with Crippen molar-refractivity contribution in [1.82, 2.24) is 4.90 Å². The number of ether oxygens (including phenoxy) is 1. The molecule has 6 nitrogen and oxygen atoms in total. The molecule has 43 heavy (non-hydrogen) atoms. The van der Waals surface area contributed by atoms with Gasteiger partial charge in [-0.1, -0.05) is 168 Å². The lowest BCUT2D eigenvalue weighted by atomic mass is 10.0. The van der Waals surface area contributed by atoms with E-state index in [1.165, 1.54) is 140 Å². The summed E-state index contributed by atoms with van der Waals surface area (Å²) in [6, 6.07) is 0. The Bertz CT molecular complexity index is 561. The van der Waals surface area contributed by atoms with Crippen molar-refractivity contribution in [1.29, 1.82) is 0 Å². The zero-order valence-electron chi connectivity index (χ0n) is 28.9. The highest BCUT2D eigenvalue weighted by molar-refractivity contribution is 5.76. The van der Waals surface area contributed by atoms with Gasteiger partial charge in [0.2, 0.25) is 5.91 Å². The van der Waals surface area contributed by atoms with Crippen molar-refractivity contribution in [2.24, 2.45) is 0 Å². The zero-order valence-corrected chi connectivity index (χ0v) is 28.9. The van der Waals surface area contributed by atoms with Crippen LogP contribution >= 0.6 is 0 Å². The lowest BCUT2D eigenvalue weighted by Crippen LogP contribution is -2.42. The maximum absolute atomic E-state index is 12.7. The Morgan fingerprint density at radius 1 is 0.581 bits per heavy atom. The summed E-state index contributed by atoms with van der Waals surface area (Å²) in [6.45, 7) is 5.47. The number of aliphatic hydroxyl groups is 3. The molecule has 0 saturated carbocycles. The van der Waals surface area contributed by atoms with Gasteiger partial charge in [-0.15, -0.1) is 0 Å². The molecule has 0 aromatic carbocycles. The Kier molecular flexibility index (Phi) is 33.6.